The topological polar surface area (TPSA) is 77.3 Å². The predicted octanol–water partition coefficient (Wildman–Crippen LogP) is 14.4. The van der Waals surface area contributed by atoms with Crippen molar-refractivity contribution in [1.29, 1.82) is 0 Å². The third-order valence-corrected chi connectivity index (χ3v) is 12.8. The molecule has 9 aromatic carbocycles. The smallest absolute Gasteiger partial charge is 0.164 e. The molecule has 0 N–H and O–H groups in total. The Morgan fingerprint density at radius 3 is 0.985 bits per heavy atom. The van der Waals surface area contributed by atoms with E-state index in [1.807, 2.05) is 84.9 Å². The maximum Gasteiger partial charge on any atom is 0.164 e. The normalized spacial score (nSPS) is 16.2. The summed E-state index contributed by atoms with van der Waals surface area (Å²) in [5.74, 6) is 1.81. The molecule has 6 nitrogen and oxygen atoms in total. The molecule has 0 saturated carbocycles. The third-order valence-electron chi connectivity index (χ3n) is 12.8. The van der Waals surface area contributed by atoms with Crippen molar-refractivity contribution < 1.29 is 13.7 Å². The lowest BCUT2D eigenvalue weighted by Gasteiger charge is -2.42. The second-order valence-corrected chi connectivity index (χ2v) is 16.6. The summed E-state index contributed by atoms with van der Waals surface area (Å²) in [5, 5.41) is 0. The quantitative estimate of drug-likeness (QED) is 0.151. The van der Waals surface area contributed by atoms with E-state index in [-0.39, 0.29) is 58.8 Å². The summed E-state index contributed by atoms with van der Waals surface area (Å²) in [6, 6.07) is 50.5. The highest BCUT2D eigenvalue weighted by atomic mass is 15.0. The van der Waals surface area contributed by atoms with Crippen molar-refractivity contribution in [2.45, 2.75) is 11.8 Å². The first kappa shape index (κ1) is 30.3. The van der Waals surface area contributed by atoms with Crippen LogP contribution in [0.2, 0.25) is 0 Å². The Kier molecular flexibility index (Phi) is 7.32. The van der Waals surface area contributed by atoms with Gasteiger partial charge in [-0.15, -0.1) is 0 Å². The van der Waals surface area contributed by atoms with Crippen LogP contribution >= 0.6 is 0 Å². The van der Waals surface area contributed by atoms with Crippen molar-refractivity contribution >= 4 is 0 Å². The van der Waals surface area contributed by atoms with E-state index < -0.39 is 36.3 Å². The van der Waals surface area contributed by atoms with Crippen molar-refractivity contribution in [3.8, 4) is 90.6 Å². The SMILES string of the molecule is [2H]c1c([2H])c([2H])c(-c2ccccc2-c2nc(-c3ccccc3)nc(-c3ccc4c(c3)C3c5ccccc5C4c4cc(-c5nc(-c6ccccc6)nc(-c6ccccc6-c6c([2H])c([2H])c([2H])c([2H])c6[2H])n5)ccc43)n2)c([2H])c1[2H]. The third kappa shape index (κ3) is 6.81. The number of aromatic nitrogens is 6. The van der Waals surface area contributed by atoms with Crippen molar-refractivity contribution in [2.75, 3.05) is 0 Å². The van der Waals surface area contributed by atoms with Crippen molar-refractivity contribution in [3.05, 3.63) is 264 Å². The Labute approximate surface area is 408 Å². The molecular weight excluding hydrogens is 829 g/mol. The van der Waals surface area contributed by atoms with Gasteiger partial charge in [-0.25, -0.2) is 29.9 Å². The average Bonchev–Trinajstić information content (AvgIpc) is 3.68. The first-order valence-corrected chi connectivity index (χ1v) is 22.2. The highest BCUT2D eigenvalue weighted by molar-refractivity contribution is 5.84. The molecule has 2 unspecified atom stereocenters. The first-order chi connectivity index (χ1) is 37.9. The van der Waals surface area contributed by atoms with E-state index in [0.717, 1.165) is 44.5 Å². The van der Waals surface area contributed by atoms with Crippen LogP contribution in [-0.2, 0) is 0 Å². The zero-order chi connectivity index (χ0) is 53.7. The van der Waals surface area contributed by atoms with Gasteiger partial charge in [0.1, 0.15) is 0 Å². The molecule has 3 aliphatic rings. The van der Waals surface area contributed by atoms with Gasteiger partial charge in [-0.2, -0.15) is 0 Å². The standard InChI is InChI=1S/C62H40N6/c1-5-19-39(20-6-1)45-27-13-17-31-51(45)61-65-57(41-23-9-3-10-24-41)63-59(67-61)43-33-35-49-53(37-43)55-47-29-15-16-30-48(47)56(49)54-38-44(34-36-50(54)55)60-64-58(42-25-11-4-12-26-42)66-62(68-60)52-32-18-14-28-46(52)40-21-7-2-8-22-40/h1-38,55-56H/i1D,2D,5D,6D,7D,8D,19D,20D,21D,22D. The molecule has 2 aromatic heterocycles. The maximum atomic E-state index is 8.86. The monoisotopic (exact) mass is 878 g/mol. The molecule has 2 atom stereocenters. The highest BCUT2D eigenvalue weighted by Gasteiger charge is 2.41. The second kappa shape index (κ2) is 16.5. The zero-order valence-corrected chi connectivity index (χ0v) is 36.0. The summed E-state index contributed by atoms with van der Waals surface area (Å²) in [7, 11) is 0. The molecule has 6 heteroatoms. The van der Waals surface area contributed by atoms with E-state index in [9.17, 15) is 0 Å². The van der Waals surface area contributed by atoms with Gasteiger partial charge in [-0.1, -0.05) is 218 Å². The molecule has 0 amide bonds. The highest BCUT2D eigenvalue weighted by Crippen LogP contribution is 2.56. The number of hydrogen-bond donors (Lipinski definition) is 0. The van der Waals surface area contributed by atoms with Crippen LogP contribution in [0, 0.1) is 0 Å². The lowest BCUT2D eigenvalue weighted by Crippen LogP contribution is -2.27. The fourth-order valence-corrected chi connectivity index (χ4v) is 9.74. The number of benzene rings is 9. The maximum absolute atomic E-state index is 8.86. The Balaban J connectivity index is 0.948. The molecule has 0 fully saturated rings. The average molecular weight is 879 g/mol. The number of nitrogens with zero attached hydrogens (tertiary/aromatic N) is 6. The van der Waals surface area contributed by atoms with Crippen LogP contribution in [0.5, 0.6) is 0 Å². The fourth-order valence-electron chi connectivity index (χ4n) is 9.74. The van der Waals surface area contributed by atoms with Crippen LogP contribution in [0.1, 0.15) is 58.9 Å². The molecule has 0 spiro atoms. The molecule has 3 aliphatic carbocycles. The summed E-state index contributed by atoms with van der Waals surface area (Å²) in [6.45, 7) is 0. The number of rotatable bonds is 8. The van der Waals surface area contributed by atoms with Crippen molar-refractivity contribution in [3.63, 3.8) is 0 Å². The molecule has 0 radical (unpaired) electrons. The Bertz CT molecular complexity index is 3980. The lowest BCUT2D eigenvalue weighted by atomic mass is 9.61. The molecule has 11 aromatic rings. The van der Waals surface area contributed by atoms with E-state index in [0.29, 0.717) is 45.6 Å². The lowest BCUT2D eigenvalue weighted by molar-refractivity contribution is 0.754. The van der Waals surface area contributed by atoms with E-state index >= 15 is 0 Å². The largest absolute Gasteiger partial charge is 0.208 e. The Morgan fingerprint density at radius 2 is 0.574 bits per heavy atom. The second-order valence-electron chi connectivity index (χ2n) is 16.6. The minimum absolute atomic E-state index is 0.0511. The van der Waals surface area contributed by atoms with E-state index in [2.05, 4.69) is 48.5 Å². The molecular formula is C62H40N6. The van der Waals surface area contributed by atoms with Crippen LogP contribution in [0.3, 0.4) is 0 Å². The summed E-state index contributed by atoms with van der Waals surface area (Å²) < 4.78 is 85.8. The van der Waals surface area contributed by atoms with E-state index in [1.165, 1.54) is 11.1 Å². The van der Waals surface area contributed by atoms with Gasteiger partial charge in [0.15, 0.2) is 34.9 Å². The van der Waals surface area contributed by atoms with Gasteiger partial charge >= 0.3 is 0 Å². The van der Waals surface area contributed by atoms with Crippen molar-refractivity contribution in [1.82, 2.24) is 29.9 Å². The zero-order valence-electron chi connectivity index (χ0n) is 46.0. The predicted molar refractivity (Wildman–Crippen MR) is 271 cm³/mol. The molecule has 0 saturated heterocycles. The molecule has 318 valence electrons. The van der Waals surface area contributed by atoms with Gasteiger partial charge in [0.05, 0.1) is 13.7 Å². The minimum Gasteiger partial charge on any atom is -0.208 e. The van der Waals surface area contributed by atoms with Gasteiger partial charge in [0.2, 0.25) is 0 Å². The van der Waals surface area contributed by atoms with Gasteiger partial charge in [0, 0.05) is 45.2 Å². The van der Waals surface area contributed by atoms with Crippen LogP contribution in [0.25, 0.3) is 90.6 Å². The van der Waals surface area contributed by atoms with Gasteiger partial charge < -0.3 is 0 Å². The molecule has 2 heterocycles. The number of hydrogen-bond acceptors (Lipinski definition) is 6. The Hall–Kier alpha value is -9.00. The van der Waals surface area contributed by atoms with Gasteiger partial charge in [0.25, 0.3) is 0 Å². The summed E-state index contributed by atoms with van der Waals surface area (Å²) >= 11 is 0. The van der Waals surface area contributed by atoms with Crippen LogP contribution in [0.4, 0.5) is 0 Å². The minimum atomic E-state index is -0.474. The molecule has 14 rings (SSSR count). The van der Waals surface area contributed by atoms with E-state index in [4.69, 9.17) is 43.6 Å². The van der Waals surface area contributed by atoms with E-state index in [1.54, 1.807) is 36.4 Å². The van der Waals surface area contributed by atoms with Gasteiger partial charge in [-0.3, -0.25) is 0 Å². The summed E-state index contributed by atoms with van der Waals surface area (Å²) in [4.78, 5) is 30.3. The fraction of sp³-hybridized carbons (Fsp3) is 0.0323. The summed E-state index contributed by atoms with van der Waals surface area (Å²) in [6.07, 6.45) is 0. The molecule has 2 bridgehead atoms. The molecule has 0 aliphatic heterocycles. The molecule has 68 heavy (non-hydrogen) atoms. The first-order valence-electron chi connectivity index (χ1n) is 27.2. The Morgan fingerprint density at radius 1 is 0.250 bits per heavy atom. The summed E-state index contributed by atoms with van der Waals surface area (Å²) in [5.41, 5.74) is 11.6. The van der Waals surface area contributed by atoms with Crippen LogP contribution in [0.15, 0.2) is 230 Å². The van der Waals surface area contributed by atoms with Crippen molar-refractivity contribution in [2.24, 2.45) is 0 Å². The van der Waals surface area contributed by atoms with Gasteiger partial charge in [-0.05, 0) is 67.8 Å². The van der Waals surface area contributed by atoms with Crippen LogP contribution in [-0.4, -0.2) is 29.9 Å². The van der Waals surface area contributed by atoms with Crippen LogP contribution < -0.4 is 0 Å².